The summed E-state index contributed by atoms with van der Waals surface area (Å²) in [5.41, 5.74) is 3.81. The van der Waals surface area contributed by atoms with Crippen molar-refractivity contribution in [3.8, 4) is 17.2 Å². The van der Waals surface area contributed by atoms with E-state index in [4.69, 9.17) is 18.7 Å². The van der Waals surface area contributed by atoms with Crippen LogP contribution in [0.25, 0.3) is 10.2 Å². The average molecular weight is 581 g/mol. The van der Waals surface area contributed by atoms with Gasteiger partial charge in [0.05, 0.1) is 55.2 Å². The van der Waals surface area contributed by atoms with Gasteiger partial charge in [-0.25, -0.2) is 9.67 Å². The van der Waals surface area contributed by atoms with Gasteiger partial charge in [-0.2, -0.15) is 0 Å². The third-order valence-corrected chi connectivity index (χ3v) is 8.47. The molecule has 0 atom stereocenters. The Kier molecular flexibility index (Phi) is 8.21. The molecular weight excluding hydrogens is 552 g/mol. The van der Waals surface area contributed by atoms with E-state index < -0.39 is 0 Å². The summed E-state index contributed by atoms with van der Waals surface area (Å²) in [4.78, 5) is 20.0. The molecule has 0 aliphatic heterocycles. The van der Waals surface area contributed by atoms with Gasteiger partial charge in [0.1, 0.15) is 12.3 Å². The van der Waals surface area contributed by atoms with Crippen LogP contribution in [0.4, 0.5) is 5.69 Å². The number of thioether (sulfide) groups is 1. The van der Waals surface area contributed by atoms with E-state index in [2.05, 4.69) is 26.5 Å². The largest absolute Gasteiger partial charge is 0.493 e. The highest BCUT2D eigenvalue weighted by Crippen LogP contribution is 2.41. The third kappa shape index (κ3) is 5.75. The number of aryl methyl sites for hydroxylation is 2. The molecule has 11 nitrogen and oxygen atoms in total. The van der Waals surface area contributed by atoms with E-state index in [9.17, 15) is 4.79 Å². The summed E-state index contributed by atoms with van der Waals surface area (Å²) in [6, 6.07) is 11.5. The second-order valence-electron chi connectivity index (χ2n) is 8.81. The normalized spacial score (nSPS) is 11.1. The number of nitrogens with zero attached hydrogens (tertiary/aromatic N) is 6. The monoisotopic (exact) mass is 580 g/mol. The molecule has 3 aromatic heterocycles. The fourth-order valence-electron chi connectivity index (χ4n) is 4.19. The van der Waals surface area contributed by atoms with Crippen molar-refractivity contribution in [1.82, 2.24) is 25.1 Å². The first-order valence-electron chi connectivity index (χ1n) is 12.3. The van der Waals surface area contributed by atoms with Crippen LogP contribution in [0.1, 0.15) is 22.7 Å². The molecule has 3 heterocycles. The summed E-state index contributed by atoms with van der Waals surface area (Å²) in [7, 11) is 4.60. The van der Waals surface area contributed by atoms with Crippen molar-refractivity contribution < 1.29 is 23.5 Å². The molecule has 0 spiro atoms. The number of carbonyl (C=O) groups is 1. The first kappa shape index (κ1) is 27.5. The minimum atomic E-state index is -0.218. The number of benzene rings is 2. The number of rotatable bonds is 11. The van der Waals surface area contributed by atoms with E-state index in [0.717, 1.165) is 25.8 Å². The summed E-state index contributed by atoms with van der Waals surface area (Å²) in [6.07, 6.45) is 1.78. The third-order valence-electron chi connectivity index (χ3n) is 6.26. The Balaban J connectivity index is 1.37. The fourth-order valence-corrected chi connectivity index (χ4v) is 6.13. The van der Waals surface area contributed by atoms with Crippen LogP contribution >= 0.6 is 23.1 Å². The number of hydrogen-bond acceptors (Lipinski definition) is 11. The number of ether oxygens (including phenoxy) is 3. The number of fused-ring (bicyclic) bond motifs is 1. The molecule has 40 heavy (non-hydrogen) atoms. The molecule has 0 N–H and O–H groups in total. The highest BCUT2D eigenvalue weighted by Gasteiger charge is 2.24. The number of aromatic nitrogens is 5. The van der Waals surface area contributed by atoms with Gasteiger partial charge in [-0.05, 0) is 26.0 Å². The minimum Gasteiger partial charge on any atom is -0.493 e. The minimum absolute atomic E-state index is 0.0289. The van der Waals surface area contributed by atoms with E-state index in [1.165, 1.54) is 26.0 Å². The van der Waals surface area contributed by atoms with Crippen molar-refractivity contribution in [2.45, 2.75) is 37.0 Å². The van der Waals surface area contributed by atoms with Gasteiger partial charge in [-0.1, -0.05) is 34.3 Å². The van der Waals surface area contributed by atoms with E-state index in [0.29, 0.717) is 40.1 Å². The molecule has 0 saturated carbocycles. The van der Waals surface area contributed by atoms with E-state index in [1.54, 1.807) is 46.3 Å². The number of amides is 1. The molecule has 208 valence electrons. The van der Waals surface area contributed by atoms with Crippen LogP contribution in [0.5, 0.6) is 17.2 Å². The van der Waals surface area contributed by atoms with Crippen LogP contribution in [0, 0.1) is 13.8 Å². The maximum Gasteiger partial charge on any atom is 0.249 e. The lowest BCUT2D eigenvalue weighted by Gasteiger charge is -2.25. The quantitative estimate of drug-likeness (QED) is 0.197. The van der Waals surface area contributed by atoms with E-state index in [1.807, 2.05) is 32.0 Å². The molecule has 0 aliphatic carbocycles. The van der Waals surface area contributed by atoms with Crippen molar-refractivity contribution >= 4 is 44.9 Å². The highest BCUT2D eigenvalue weighted by molar-refractivity contribution is 8.00. The zero-order valence-electron chi connectivity index (χ0n) is 22.7. The lowest BCUT2D eigenvalue weighted by atomic mass is 10.1. The van der Waals surface area contributed by atoms with Crippen molar-refractivity contribution in [1.29, 1.82) is 0 Å². The molecule has 0 radical (unpaired) electrons. The Morgan fingerprint density at radius 1 is 1.10 bits per heavy atom. The van der Waals surface area contributed by atoms with E-state index >= 15 is 0 Å². The molecule has 0 unspecified atom stereocenters. The molecule has 0 saturated heterocycles. The predicted molar refractivity (Wildman–Crippen MR) is 152 cm³/mol. The zero-order chi connectivity index (χ0) is 28.2. The fraction of sp³-hybridized carbons (Fsp3) is 0.296. The maximum atomic E-state index is 13.8. The SMILES string of the molecule is COc1cc(N(Cc2c(C)noc2C)C(=O)Cn2cc(CSc3nc4ccccc4s3)nn2)cc(OC)c1OC. The predicted octanol–water partition coefficient (Wildman–Crippen LogP) is 5.04. The summed E-state index contributed by atoms with van der Waals surface area (Å²) in [6.45, 7) is 3.86. The maximum absolute atomic E-state index is 13.8. The van der Waals surface area contributed by atoms with Crippen LogP contribution < -0.4 is 19.1 Å². The number of anilines is 1. The second kappa shape index (κ2) is 12.0. The Hall–Kier alpha value is -4.10. The van der Waals surface area contributed by atoms with Gasteiger partial charge in [0.15, 0.2) is 15.8 Å². The lowest BCUT2D eigenvalue weighted by molar-refractivity contribution is -0.119. The molecule has 0 bridgehead atoms. The summed E-state index contributed by atoms with van der Waals surface area (Å²) >= 11 is 3.23. The lowest BCUT2D eigenvalue weighted by Crippen LogP contribution is -2.34. The number of thiazole rings is 1. The molecule has 0 fully saturated rings. The van der Waals surface area contributed by atoms with Gasteiger partial charge < -0.3 is 23.6 Å². The molecule has 2 aromatic carbocycles. The number of para-hydroxylation sites is 1. The van der Waals surface area contributed by atoms with Gasteiger partial charge in [0.2, 0.25) is 11.7 Å². The number of hydrogen-bond donors (Lipinski definition) is 0. The smallest absolute Gasteiger partial charge is 0.249 e. The topological polar surface area (TPSA) is 118 Å². The highest BCUT2D eigenvalue weighted by atomic mass is 32.2. The van der Waals surface area contributed by atoms with Gasteiger partial charge in [-0.15, -0.1) is 16.4 Å². The first-order valence-corrected chi connectivity index (χ1v) is 14.1. The van der Waals surface area contributed by atoms with Crippen molar-refractivity contribution in [2.75, 3.05) is 26.2 Å². The van der Waals surface area contributed by atoms with Gasteiger partial charge in [0, 0.05) is 29.6 Å². The molecule has 1 amide bonds. The Labute approximate surface area is 239 Å². The standard InChI is InChI=1S/C27H28N6O5S2/c1-16-20(17(2)38-30-16)13-33(19-10-22(35-3)26(37-5)23(11-19)36-4)25(34)14-32-12-18(29-31-32)15-39-27-28-21-8-6-7-9-24(21)40-27/h6-12H,13-15H2,1-5H3. The summed E-state index contributed by atoms with van der Waals surface area (Å²) in [5, 5.41) is 12.5. The molecular formula is C27H28N6O5S2. The molecule has 13 heteroatoms. The van der Waals surface area contributed by atoms with Crippen LogP contribution in [0.2, 0.25) is 0 Å². The van der Waals surface area contributed by atoms with Gasteiger partial charge in [0.25, 0.3) is 0 Å². The Bertz CT molecular complexity index is 1570. The average Bonchev–Trinajstić information content (AvgIpc) is 3.68. The van der Waals surface area contributed by atoms with Gasteiger partial charge in [-0.3, -0.25) is 4.79 Å². The van der Waals surface area contributed by atoms with Crippen molar-refractivity contribution in [2.24, 2.45) is 0 Å². The van der Waals surface area contributed by atoms with Crippen molar-refractivity contribution in [3.63, 3.8) is 0 Å². The first-order chi connectivity index (χ1) is 19.4. The number of carbonyl (C=O) groups excluding carboxylic acids is 1. The van der Waals surface area contributed by atoms with Gasteiger partial charge >= 0.3 is 0 Å². The van der Waals surface area contributed by atoms with Crippen LogP contribution in [-0.2, 0) is 23.6 Å². The van der Waals surface area contributed by atoms with Crippen LogP contribution in [0.15, 0.2) is 51.5 Å². The summed E-state index contributed by atoms with van der Waals surface area (Å²) < 4.78 is 25.5. The molecule has 5 aromatic rings. The molecule has 5 rings (SSSR count). The Morgan fingerprint density at radius 3 is 2.50 bits per heavy atom. The van der Waals surface area contributed by atoms with Crippen LogP contribution in [0.3, 0.4) is 0 Å². The zero-order valence-corrected chi connectivity index (χ0v) is 24.3. The number of methoxy groups -OCH3 is 3. The molecule has 0 aliphatic rings. The second-order valence-corrected chi connectivity index (χ2v) is 11.1. The van der Waals surface area contributed by atoms with E-state index in [-0.39, 0.29) is 19.0 Å². The van der Waals surface area contributed by atoms with Crippen molar-refractivity contribution in [3.05, 3.63) is 65.3 Å². The summed E-state index contributed by atoms with van der Waals surface area (Å²) in [5.74, 6) is 2.31. The van der Waals surface area contributed by atoms with Crippen LogP contribution in [-0.4, -0.2) is 52.4 Å². The Morgan fingerprint density at radius 2 is 1.85 bits per heavy atom.